The van der Waals surface area contributed by atoms with Gasteiger partial charge in [-0.1, -0.05) is 103 Å². The van der Waals surface area contributed by atoms with E-state index in [-0.39, 0.29) is 24.5 Å². The van der Waals surface area contributed by atoms with Gasteiger partial charge in [0.2, 0.25) is 5.91 Å². The third-order valence-corrected chi connectivity index (χ3v) is 7.56. The van der Waals surface area contributed by atoms with E-state index in [2.05, 4.69) is 123 Å². The summed E-state index contributed by atoms with van der Waals surface area (Å²) in [6.07, 6.45) is 0. The van der Waals surface area contributed by atoms with Crippen LogP contribution in [-0.2, 0) is 11.3 Å². The molecule has 0 aliphatic heterocycles. The normalized spacial score (nSPS) is 12.2. The molecule has 1 heterocycles. The molecule has 1 amide bonds. The summed E-state index contributed by atoms with van der Waals surface area (Å²) < 4.78 is 0. The quantitative estimate of drug-likeness (QED) is 0.197. The molecule has 4 nitrogen and oxygen atoms in total. The van der Waals surface area contributed by atoms with E-state index in [1.54, 1.807) is 0 Å². The van der Waals surface area contributed by atoms with E-state index in [4.69, 9.17) is 4.98 Å². The second-order valence-corrected chi connectivity index (χ2v) is 10.8. The summed E-state index contributed by atoms with van der Waals surface area (Å²) in [6.45, 7) is 7.12. The molecular weight excluding hydrogens is 490 g/mol. The fourth-order valence-electron chi connectivity index (χ4n) is 5.20. The molecule has 0 aliphatic rings. The van der Waals surface area contributed by atoms with E-state index >= 15 is 0 Å². The van der Waals surface area contributed by atoms with Gasteiger partial charge in [0.25, 0.3) is 0 Å². The van der Waals surface area contributed by atoms with Crippen LogP contribution in [0.2, 0.25) is 0 Å². The molecule has 0 saturated carbocycles. The molecule has 0 aliphatic carbocycles. The van der Waals surface area contributed by atoms with Gasteiger partial charge in [-0.2, -0.15) is 0 Å². The van der Waals surface area contributed by atoms with Crippen LogP contribution in [0.1, 0.15) is 42.1 Å². The Balaban J connectivity index is 1.75. The van der Waals surface area contributed by atoms with Crippen molar-refractivity contribution in [3.05, 3.63) is 138 Å². The average Bonchev–Trinajstić information content (AvgIpc) is 2.98. The second-order valence-electron chi connectivity index (χ2n) is 10.8. The van der Waals surface area contributed by atoms with Crippen LogP contribution in [0.25, 0.3) is 22.2 Å². The lowest BCUT2D eigenvalue weighted by atomic mass is 9.91. The molecule has 1 unspecified atom stereocenters. The number of pyridine rings is 1. The van der Waals surface area contributed by atoms with Gasteiger partial charge in [-0.15, -0.1) is 0 Å². The number of hydrogen-bond acceptors (Lipinski definition) is 3. The number of benzene rings is 4. The molecule has 4 heteroatoms. The van der Waals surface area contributed by atoms with Crippen LogP contribution in [0.5, 0.6) is 0 Å². The zero-order valence-electron chi connectivity index (χ0n) is 23.8. The molecule has 5 rings (SSSR count). The molecule has 0 saturated heterocycles. The Bertz CT molecular complexity index is 1570. The highest BCUT2D eigenvalue weighted by atomic mass is 16.2. The predicted octanol–water partition coefficient (Wildman–Crippen LogP) is 7.67. The van der Waals surface area contributed by atoms with E-state index in [0.29, 0.717) is 6.54 Å². The topological polar surface area (TPSA) is 36.4 Å². The molecule has 1 aromatic heterocycles. The van der Waals surface area contributed by atoms with E-state index < -0.39 is 0 Å². The summed E-state index contributed by atoms with van der Waals surface area (Å²) in [4.78, 5) is 23.0. The van der Waals surface area contributed by atoms with Gasteiger partial charge in [-0.05, 0) is 50.1 Å². The maximum atomic E-state index is 13.6. The Kier molecular flexibility index (Phi) is 8.37. The molecule has 0 radical (unpaired) electrons. The number of carbonyl (C=O) groups is 1. The summed E-state index contributed by atoms with van der Waals surface area (Å²) in [7, 11) is 1.89. The SMILES string of the molecule is Cc1ccc2nc(-c3ccccc3)c(C(c3ccccc3)N(CC(=O)N(C)C(C)C)Cc3ccccc3)cc2c1. The number of amides is 1. The van der Waals surface area contributed by atoms with Crippen molar-refractivity contribution in [2.75, 3.05) is 13.6 Å². The van der Waals surface area contributed by atoms with Gasteiger partial charge >= 0.3 is 0 Å². The minimum Gasteiger partial charge on any atom is -0.342 e. The zero-order valence-corrected chi connectivity index (χ0v) is 23.8. The van der Waals surface area contributed by atoms with E-state index in [9.17, 15) is 4.79 Å². The summed E-state index contributed by atoms with van der Waals surface area (Å²) >= 11 is 0. The third-order valence-electron chi connectivity index (χ3n) is 7.56. The molecule has 0 fully saturated rings. The first-order valence-electron chi connectivity index (χ1n) is 14.0. The third kappa shape index (κ3) is 6.13. The van der Waals surface area contributed by atoms with Gasteiger partial charge in [0.05, 0.1) is 23.8 Å². The first-order chi connectivity index (χ1) is 19.4. The molecule has 0 spiro atoms. The van der Waals surface area contributed by atoms with Crippen LogP contribution in [0, 0.1) is 6.92 Å². The predicted molar refractivity (Wildman–Crippen MR) is 165 cm³/mol. The summed E-state index contributed by atoms with van der Waals surface area (Å²) in [6, 6.07) is 39.9. The fraction of sp³-hybridized carbons (Fsp3) is 0.222. The minimum atomic E-state index is -0.196. The highest BCUT2D eigenvalue weighted by Gasteiger charge is 2.29. The van der Waals surface area contributed by atoms with Crippen LogP contribution in [0.4, 0.5) is 0 Å². The van der Waals surface area contributed by atoms with Crippen LogP contribution in [0.15, 0.2) is 115 Å². The Hall–Kier alpha value is -4.28. The molecule has 0 bridgehead atoms. The van der Waals surface area contributed by atoms with Gasteiger partial charge in [-0.3, -0.25) is 9.69 Å². The molecule has 1 atom stereocenters. The van der Waals surface area contributed by atoms with E-state index in [1.807, 2.05) is 30.1 Å². The highest BCUT2D eigenvalue weighted by Crippen LogP contribution is 2.38. The number of carbonyl (C=O) groups excluding carboxylic acids is 1. The van der Waals surface area contributed by atoms with Crippen molar-refractivity contribution < 1.29 is 4.79 Å². The molecule has 5 aromatic rings. The number of hydrogen-bond donors (Lipinski definition) is 0. The Labute approximate surface area is 237 Å². The van der Waals surface area contributed by atoms with Crippen molar-refractivity contribution in [1.82, 2.24) is 14.8 Å². The van der Waals surface area contributed by atoms with Crippen molar-refractivity contribution in [2.24, 2.45) is 0 Å². The summed E-state index contributed by atoms with van der Waals surface area (Å²) in [5, 5.41) is 1.10. The van der Waals surface area contributed by atoms with Crippen molar-refractivity contribution in [2.45, 2.75) is 39.4 Å². The van der Waals surface area contributed by atoms with Gasteiger partial charge in [0, 0.05) is 36.1 Å². The Morgan fingerprint density at radius 2 is 1.43 bits per heavy atom. The number of likely N-dealkylation sites (N-methyl/N-ethyl adjacent to an activating group) is 1. The maximum Gasteiger partial charge on any atom is 0.236 e. The van der Waals surface area contributed by atoms with Crippen molar-refractivity contribution in [3.63, 3.8) is 0 Å². The smallest absolute Gasteiger partial charge is 0.236 e. The summed E-state index contributed by atoms with van der Waals surface area (Å²) in [5.41, 5.74) is 7.54. The van der Waals surface area contributed by atoms with Gasteiger partial charge in [0.1, 0.15) is 0 Å². The molecule has 40 heavy (non-hydrogen) atoms. The number of nitrogens with zero attached hydrogens (tertiary/aromatic N) is 3. The van der Waals surface area contributed by atoms with Gasteiger partial charge < -0.3 is 4.90 Å². The van der Waals surface area contributed by atoms with Crippen molar-refractivity contribution in [1.29, 1.82) is 0 Å². The highest BCUT2D eigenvalue weighted by molar-refractivity contribution is 5.85. The Morgan fingerprint density at radius 1 is 0.800 bits per heavy atom. The lowest BCUT2D eigenvalue weighted by molar-refractivity contribution is -0.133. The maximum absolute atomic E-state index is 13.6. The number of fused-ring (bicyclic) bond motifs is 1. The number of aromatic nitrogens is 1. The first-order valence-corrected chi connectivity index (χ1v) is 14.0. The van der Waals surface area contributed by atoms with Crippen molar-refractivity contribution in [3.8, 4) is 11.3 Å². The van der Waals surface area contributed by atoms with E-state index in [1.165, 1.54) is 5.56 Å². The minimum absolute atomic E-state index is 0.0951. The monoisotopic (exact) mass is 527 g/mol. The second kappa shape index (κ2) is 12.3. The molecule has 202 valence electrons. The lowest BCUT2D eigenvalue weighted by Crippen LogP contribution is -2.42. The standard InChI is InChI=1S/C36H37N3O/c1-26(2)38(4)34(40)25-39(24-28-14-8-5-9-15-28)36(30-18-12-7-13-19-30)32-23-31-22-27(3)20-21-33(31)37-35(32)29-16-10-6-11-17-29/h5-23,26,36H,24-25H2,1-4H3. The van der Waals surface area contributed by atoms with Crippen molar-refractivity contribution >= 4 is 16.8 Å². The number of rotatable bonds is 9. The summed E-state index contributed by atoms with van der Waals surface area (Å²) in [5.74, 6) is 0.0951. The molecule has 4 aromatic carbocycles. The van der Waals surface area contributed by atoms with Crippen LogP contribution in [0.3, 0.4) is 0 Å². The van der Waals surface area contributed by atoms with Crippen LogP contribution in [-0.4, -0.2) is 40.3 Å². The lowest BCUT2D eigenvalue weighted by Gasteiger charge is -2.35. The largest absolute Gasteiger partial charge is 0.342 e. The average molecular weight is 528 g/mol. The number of aryl methyl sites for hydroxylation is 1. The van der Waals surface area contributed by atoms with Crippen LogP contribution >= 0.6 is 0 Å². The molecule has 0 N–H and O–H groups in total. The van der Waals surface area contributed by atoms with E-state index in [0.717, 1.165) is 38.9 Å². The Morgan fingerprint density at radius 3 is 2.08 bits per heavy atom. The fourth-order valence-corrected chi connectivity index (χ4v) is 5.20. The molecular formula is C36H37N3O. The van der Waals surface area contributed by atoms with Gasteiger partial charge in [0.15, 0.2) is 0 Å². The van der Waals surface area contributed by atoms with Gasteiger partial charge in [-0.25, -0.2) is 4.98 Å². The van der Waals surface area contributed by atoms with Crippen LogP contribution < -0.4 is 0 Å². The first kappa shape index (κ1) is 27.3. The zero-order chi connectivity index (χ0) is 28.1.